The zero-order valence-electron chi connectivity index (χ0n) is 16.2. The highest BCUT2D eigenvalue weighted by Gasteiger charge is 2.28. The second kappa shape index (κ2) is 8.58. The van der Waals surface area contributed by atoms with Gasteiger partial charge in [0.25, 0.3) is 0 Å². The molecule has 0 radical (unpaired) electrons. The highest BCUT2D eigenvalue weighted by Crippen LogP contribution is 2.26. The van der Waals surface area contributed by atoms with Crippen molar-refractivity contribution in [3.05, 3.63) is 48.4 Å². The minimum absolute atomic E-state index is 0.182. The van der Waals surface area contributed by atoms with Gasteiger partial charge in [0, 0.05) is 45.0 Å². The van der Waals surface area contributed by atoms with E-state index in [9.17, 15) is 5.11 Å². The molecule has 1 atom stereocenters. The molecule has 0 spiro atoms. The maximum absolute atomic E-state index is 9.60. The molecule has 2 N–H and O–H groups in total. The van der Waals surface area contributed by atoms with Gasteiger partial charge in [0.2, 0.25) is 0 Å². The second-order valence-electron chi connectivity index (χ2n) is 7.10. The molecule has 3 heterocycles. The van der Waals surface area contributed by atoms with Crippen molar-refractivity contribution in [2.75, 3.05) is 37.7 Å². The van der Waals surface area contributed by atoms with Crippen LogP contribution in [0.4, 0.5) is 5.82 Å². The maximum atomic E-state index is 9.60. The zero-order chi connectivity index (χ0) is 19.3. The summed E-state index contributed by atoms with van der Waals surface area (Å²) < 4.78 is 5.53. The van der Waals surface area contributed by atoms with Gasteiger partial charge in [-0.15, -0.1) is 0 Å². The van der Waals surface area contributed by atoms with Crippen LogP contribution in [0.2, 0.25) is 0 Å². The number of aliphatic hydroxyl groups is 1. The van der Waals surface area contributed by atoms with Gasteiger partial charge in [-0.2, -0.15) is 0 Å². The Balaban J connectivity index is 1.48. The summed E-state index contributed by atoms with van der Waals surface area (Å²) in [4.78, 5) is 16.7. The van der Waals surface area contributed by atoms with E-state index in [4.69, 9.17) is 4.74 Å². The number of piperazine rings is 1. The number of ether oxygens (including phenoxy) is 1. The molecule has 7 nitrogen and oxygen atoms in total. The Morgan fingerprint density at radius 2 is 2.04 bits per heavy atom. The Morgan fingerprint density at radius 1 is 1.18 bits per heavy atom. The van der Waals surface area contributed by atoms with Crippen LogP contribution in [0.1, 0.15) is 18.9 Å². The van der Waals surface area contributed by atoms with Gasteiger partial charge in [0.1, 0.15) is 23.5 Å². The predicted molar refractivity (Wildman–Crippen MR) is 110 cm³/mol. The van der Waals surface area contributed by atoms with Crippen LogP contribution in [0, 0.1) is 0 Å². The highest BCUT2D eigenvalue weighted by atomic mass is 16.5. The standard InChI is InChI=1S/C21H27N5O2/c1-2-28-18-5-3-16(4-6-18)13-25-10-11-26(14-17(25)8-12-27)21-19-7-9-22-20(19)23-15-24-21/h3-7,9,15,17,27H,2,8,10-14H2,1H3,(H,22,23,24)/t17-/m0/s1. The van der Waals surface area contributed by atoms with E-state index in [0.29, 0.717) is 6.61 Å². The Kier molecular flexibility index (Phi) is 5.73. The van der Waals surface area contributed by atoms with Gasteiger partial charge in [-0.25, -0.2) is 9.97 Å². The number of fused-ring (bicyclic) bond motifs is 1. The van der Waals surface area contributed by atoms with E-state index in [1.807, 2.05) is 31.3 Å². The lowest BCUT2D eigenvalue weighted by Gasteiger charge is -2.42. The number of aliphatic hydroxyl groups excluding tert-OH is 1. The Labute approximate surface area is 165 Å². The van der Waals surface area contributed by atoms with Crippen molar-refractivity contribution in [2.24, 2.45) is 0 Å². The number of anilines is 1. The summed E-state index contributed by atoms with van der Waals surface area (Å²) in [6.07, 6.45) is 4.26. The van der Waals surface area contributed by atoms with Gasteiger partial charge in [0.05, 0.1) is 12.0 Å². The number of benzene rings is 1. The average molecular weight is 381 g/mol. The van der Waals surface area contributed by atoms with Crippen LogP contribution in [-0.4, -0.2) is 63.8 Å². The SMILES string of the molecule is CCOc1ccc(CN2CCN(c3ncnc4[nH]ccc34)C[C@@H]2CCO)cc1. The lowest BCUT2D eigenvalue weighted by atomic mass is 10.1. The first-order valence-corrected chi connectivity index (χ1v) is 9.88. The second-order valence-corrected chi connectivity index (χ2v) is 7.10. The molecule has 1 aliphatic heterocycles. The van der Waals surface area contributed by atoms with E-state index in [1.54, 1.807) is 6.33 Å². The third kappa shape index (κ3) is 3.95. The fraction of sp³-hybridized carbons (Fsp3) is 0.429. The lowest BCUT2D eigenvalue weighted by Crippen LogP contribution is -2.53. The first-order chi connectivity index (χ1) is 13.8. The minimum atomic E-state index is 0.182. The molecule has 2 aromatic heterocycles. The monoisotopic (exact) mass is 381 g/mol. The number of nitrogens with zero attached hydrogens (tertiary/aromatic N) is 4. The number of aromatic amines is 1. The van der Waals surface area contributed by atoms with Crippen LogP contribution in [0.15, 0.2) is 42.9 Å². The number of nitrogens with one attached hydrogen (secondary N) is 1. The van der Waals surface area contributed by atoms with E-state index in [-0.39, 0.29) is 12.6 Å². The number of H-pyrrole nitrogens is 1. The normalized spacial score (nSPS) is 17.9. The molecule has 0 aliphatic carbocycles. The summed E-state index contributed by atoms with van der Waals surface area (Å²) in [5.41, 5.74) is 2.12. The maximum Gasteiger partial charge on any atom is 0.142 e. The van der Waals surface area contributed by atoms with E-state index in [1.165, 1.54) is 5.56 Å². The van der Waals surface area contributed by atoms with Crippen molar-refractivity contribution in [3.63, 3.8) is 0 Å². The summed E-state index contributed by atoms with van der Waals surface area (Å²) in [5.74, 6) is 1.87. The molecule has 1 aromatic carbocycles. The van der Waals surface area contributed by atoms with Crippen molar-refractivity contribution < 1.29 is 9.84 Å². The number of aromatic nitrogens is 3. The van der Waals surface area contributed by atoms with E-state index in [2.05, 4.69) is 36.9 Å². The number of hydrogen-bond acceptors (Lipinski definition) is 6. The average Bonchev–Trinajstić information content (AvgIpc) is 3.20. The fourth-order valence-electron chi connectivity index (χ4n) is 3.92. The third-order valence-electron chi connectivity index (χ3n) is 5.32. The quantitative estimate of drug-likeness (QED) is 0.655. The van der Waals surface area contributed by atoms with Crippen molar-refractivity contribution in [1.82, 2.24) is 19.9 Å². The Bertz CT molecular complexity index is 895. The molecule has 148 valence electrons. The smallest absolute Gasteiger partial charge is 0.142 e. The van der Waals surface area contributed by atoms with E-state index >= 15 is 0 Å². The van der Waals surface area contributed by atoms with Crippen LogP contribution in [0.3, 0.4) is 0 Å². The molecule has 28 heavy (non-hydrogen) atoms. The first kappa shape index (κ1) is 18.7. The van der Waals surface area contributed by atoms with Gasteiger partial charge in [-0.1, -0.05) is 12.1 Å². The molecule has 1 aliphatic rings. The predicted octanol–water partition coefficient (Wildman–Crippen LogP) is 2.43. The topological polar surface area (TPSA) is 77.5 Å². The summed E-state index contributed by atoms with van der Waals surface area (Å²) in [5, 5.41) is 10.6. The van der Waals surface area contributed by atoms with Crippen LogP contribution < -0.4 is 9.64 Å². The Hall–Kier alpha value is -2.64. The summed E-state index contributed by atoms with van der Waals surface area (Å²) in [6.45, 7) is 6.39. The van der Waals surface area contributed by atoms with Crippen molar-refractivity contribution >= 4 is 16.9 Å². The lowest BCUT2D eigenvalue weighted by molar-refractivity contribution is 0.135. The molecule has 0 bridgehead atoms. The van der Waals surface area contributed by atoms with Gasteiger partial charge in [0.15, 0.2) is 0 Å². The van der Waals surface area contributed by atoms with Crippen LogP contribution in [0.5, 0.6) is 5.75 Å². The van der Waals surface area contributed by atoms with Crippen LogP contribution in [0.25, 0.3) is 11.0 Å². The molecule has 1 saturated heterocycles. The summed E-state index contributed by atoms with van der Waals surface area (Å²) in [6, 6.07) is 10.6. The van der Waals surface area contributed by atoms with Crippen molar-refractivity contribution in [3.8, 4) is 5.75 Å². The molecule has 7 heteroatoms. The van der Waals surface area contributed by atoms with Crippen molar-refractivity contribution in [1.29, 1.82) is 0 Å². The molecule has 0 saturated carbocycles. The largest absolute Gasteiger partial charge is 0.494 e. The molecule has 0 unspecified atom stereocenters. The van der Waals surface area contributed by atoms with Crippen LogP contribution >= 0.6 is 0 Å². The molecule has 3 aromatic rings. The molecule has 0 amide bonds. The Morgan fingerprint density at radius 3 is 2.82 bits per heavy atom. The zero-order valence-corrected chi connectivity index (χ0v) is 16.2. The minimum Gasteiger partial charge on any atom is -0.494 e. The van der Waals surface area contributed by atoms with E-state index < -0.39 is 0 Å². The summed E-state index contributed by atoms with van der Waals surface area (Å²) >= 11 is 0. The van der Waals surface area contributed by atoms with Gasteiger partial charge in [-0.05, 0) is 37.1 Å². The highest BCUT2D eigenvalue weighted by molar-refractivity contribution is 5.87. The molecular weight excluding hydrogens is 354 g/mol. The fourth-order valence-corrected chi connectivity index (χ4v) is 3.92. The van der Waals surface area contributed by atoms with Gasteiger partial charge >= 0.3 is 0 Å². The van der Waals surface area contributed by atoms with E-state index in [0.717, 1.165) is 55.2 Å². The molecular formula is C21H27N5O2. The van der Waals surface area contributed by atoms with Gasteiger partial charge < -0.3 is 19.7 Å². The van der Waals surface area contributed by atoms with Gasteiger partial charge in [-0.3, -0.25) is 4.90 Å². The summed E-state index contributed by atoms with van der Waals surface area (Å²) in [7, 11) is 0. The van der Waals surface area contributed by atoms with Crippen molar-refractivity contribution in [2.45, 2.75) is 25.9 Å². The first-order valence-electron chi connectivity index (χ1n) is 9.88. The number of rotatable bonds is 7. The third-order valence-corrected chi connectivity index (χ3v) is 5.32. The molecule has 1 fully saturated rings. The number of hydrogen-bond donors (Lipinski definition) is 2. The van der Waals surface area contributed by atoms with Crippen LogP contribution in [-0.2, 0) is 6.54 Å². The molecule has 4 rings (SSSR count).